The van der Waals surface area contributed by atoms with Gasteiger partial charge in [-0.15, -0.1) is 26.6 Å². The fraction of sp³-hybridized carbons (Fsp3) is 0.467. The monoisotopic (exact) mass is 376 g/mol. The molecule has 0 unspecified atom stereocenters. The highest BCUT2D eigenvalue weighted by Gasteiger charge is 2.21. The first-order chi connectivity index (χ1) is 12.2. The summed E-state index contributed by atoms with van der Waals surface area (Å²) >= 11 is 2.87. The third-order valence-corrected chi connectivity index (χ3v) is 6.31. The molecule has 0 aromatic carbocycles. The largest absolute Gasteiger partial charge is 0.299 e. The van der Waals surface area contributed by atoms with Crippen LogP contribution in [0, 0.1) is 0 Å². The van der Waals surface area contributed by atoms with E-state index in [0.717, 1.165) is 47.4 Å². The van der Waals surface area contributed by atoms with Crippen LogP contribution >= 0.6 is 22.7 Å². The van der Waals surface area contributed by atoms with Crippen LogP contribution in [0.5, 0.6) is 0 Å². The van der Waals surface area contributed by atoms with E-state index >= 15 is 0 Å². The predicted molar refractivity (Wildman–Crippen MR) is 96.2 cm³/mol. The highest BCUT2D eigenvalue weighted by Crippen LogP contribution is 2.33. The molecule has 1 aliphatic carbocycles. The first kappa shape index (κ1) is 16.3. The van der Waals surface area contributed by atoms with E-state index in [1.165, 1.54) is 16.2 Å². The maximum Gasteiger partial charge on any atom is 0.279 e. The Labute approximate surface area is 150 Å². The lowest BCUT2D eigenvalue weighted by Gasteiger charge is -2.10. The molecule has 3 heterocycles. The van der Waals surface area contributed by atoms with Crippen molar-refractivity contribution in [2.75, 3.05) is 5.32 Å². The Morgan fingerprint density at radius 3 is 2.84 bits per heavy atom. The molecule has 0 radical (unpaired) electrons. The number of fused-ring (bicyclic) bond motifs is 3. The molecule has 0 bridgehead atoms. The van der Waals surface area contributed by atoms with Crippen LogP contribution in [-0.4, -0.2) is 31.1 Å². The Hall–Kier alpha value is -2.20. The molecule has 25 heavy (non-hydrogen) atoms. The summed E-state index contributed by atoms with van der Waals surface area (Å²) < 4.78 is 1.13. The molecule has 4 rings (SSSR count). The lowest BCUT2D eigenvalue weighted by Crippen LogP contribution is -2.30. The van der Waals surface area contributed by atoms with Gasteiger partial charge in [0.1, 0.15) is 11.6 Å². The first-order valence-electron chi connectivity index (χ1n) is 8.16. The summed E-state index contributed by atoms with van der Waals surface area (Å²) in [6.07, 6.45) is 4.88. The van der Waals surface area contributed by atoms with Crippen molar-refractivity contribution in [3.8, 4) is 0 Å². The van der Waals surface area contributed by atoms with Crippen LogP contribution in [0.3, 0.4) is 0 Å². The predicted octanol–water partition coefficient (Wildman–Crippen LogP) is 1.78. The Bertz CT molecular complexity index is 1010. The van der Waals surface area contributed by atoms with E-state index in [4.69, 9.17) is 0 Å². The molecule has 0 saturated carbocycles. The van der Waals surface area contributed by atoms with Crippen molar-refractivity contribution in [1.29, 1.82) is 0 Å². The van der Waals surface area contributed by atoms with Gasteiger partial charge in [-0.1, -0.05) is 23.5 Å². The number of hydrogen-bond donors (Lipinski definition) is 1. The molecule has 0 atom stereocenters. The SMILES string of the molecule is CCc1nnc(NC(=O)Cn2nnc3sc4c(c3c2=O)CCCC4)s1. The van der Waals surface area contributed by atoms with Gasteiger partial charge in [0.25, 0.3) is 5.56 Å². The number of carbonyl (C=O) groups excluding carboxylic acids is 1. The first-order valence-corrected chi connectivity index (χ1v) is 9.79. The summed E-state index contributed by atoms with van der Waals surface area (Å²) in [6.45, 7) is 1.78. The van der Waals surface area contributed by atoms with Crippen molar-refractivity contribution in [3.05, 3.63) is 25.8 Å². The molecule has 130 valence electrons. The smallest absolute Gasteiger partial charge is 0.279 e. The van der Waals surface area contributed by atoms with Crippen molar-refractivity contribution in [2.45, 2.75) is 45.6 Å². The van der Waals surface area contributed by atoms with E-state index in [1.807, 2.05) is 6.92 Å². The van der Waals surface area contributed by atoms with Crippen molar-refractivity contribution >= 4 is 43.9 Å². The zero-order valence-corrected chi connectivity index (χ0v) is 15.2. The fourth-order valence-electron chi connectivity index (χ4n) is 2.95. The van der Waals surface area contributed by atoms with E-state index in [1.54, 1.807) is 11.3 Å². The summed E-state index contributed by atoms with van der Waals surface area (Å²) in [7, 11) is 0. The van der Waals surface area contributed by atoms with Gasteiger partial charge in [0, 0.05) is 4.88 Å². The molecule has 1 aliphatic rings. The number of amides is 1. The highest BCUT2D eigenvalue weighted by atomic mass is 32.1. The highest BCUT2D eigenvalue weighted by molar-refractivity contribution is 7.18. The number of carbonyl (C=O) groups is 1. The summed E-state index contributed by atoms with van der Waals surface area (Å²) in [5, 5.41) is 20.5. The number of hydrogen-bond acceptors (Lipinski definition) is 8. The number of aromatic nitrogens is 5. The lowest BCUT2D eigenvalue weighted by molar-refractivity contribution is -0.117. The van der Waals surface area contributed by atoms with Crippen LogP contribution in [0.25, 0.3) is 10.2 Å². The molecule has 0 spiro atoms. The molecule has 3 aromatic rings. The fourth-order valence-corrected chi connectivity index (χ4v) is 4.84. The zero-order valence-electron chi connectivity index (χ0n) is 13.6. The van der Waals surface area contributed by atoms with Crippen molar-refractivity contribution in [1.82, 2.24) is 25.2 Å². The number of thiophene rings is 1. The second kappa shape index (κ2) is 6.60. The van der Waals surface area contributed by atoms with Crippen LogP contribution in [0.2, 0.25) is 0 Å². The van der Waals surface area contributed by atoms with Crippen molar-refractivity contribution in [3.63, 3.8) is 0 Å². The number of nitrogens with one attached hydrogen (secondary N) is 1. The second-order valence-electron chi connectivity index (χ2n) is 5.85. The second-order valence-corrected chi connectivity index (χ2v) is 7.99. The van der Waals surface area contributed by atoms with E-state index in [9.17, 15) is 9.59 Å². The average molecular weight is 376 g/mol. The molecular weight excluding hydrogens is 360 g/mol. The quantitative estimate of drug-likeness (QED) is 0.745. The Morgan fingerprint density at radius 2 is 2.04 bits per heavy atom. The lowest BCUT2D eigenvalue weighted by atomic mass is 9.97. The Balaban J connectivity index is 1.60. The summed E-state index contributed by atoms with van der Waals surface area (Å²) in [6, 6.07) is 0. The molecule has 3 aromatic heterocycles. The van der Waals surface area contributed by atoms with Crippen LogP contribution in [0.4, 0.5) is 5.13 Å². The Kier molecular flexibility index (Phi) is 4.30. The molecule has 0 aliphatic heterocycles. The summed E-state index contributed by atoms with van der Waals surface area (Å²) in [5.41, 5.74) is 0.850. The van der Waals surface area contributed by atoms with Gasteiger partial charge < -0.3 is 0 Å². The van der Waals surface area contributed by atoms with Gasteiger partial charge in [-0.05, 0) is 37.7 Å². The van der Waals surface area contributed by atoms with E-state index < -0.39 is 0 Å². The van der Waals surface area contributed by atoms with Crippen LogP contribution in [0.1, 0.15) is 35.2 Å². The van der Waals surface area contributed by atoms with Crippen molar-refractivity contribution in [2.24, 2.45) is 0 Å². The maximum atomic E-state index is 12.8. The van der Waals surface area contributed by atoms with Crippen LogP contribution in [0.15, 0.2) is 4.79 Å². The zero-order chi connectivity index (χ0) is 17.4. The summed E-state index contributed by atoms with van der Waals surface area (Å²) in [4.78, 5) is 26.9. The van der Waals surface area contributed by atoms with Gasteiger partial charge in [0.2, 0.25) is 11.0 Å². The van der Waals surface area contributed by atoms with E-state index in [0.29, 0.717) is 15.3 Å². The average Bonchev–Trinajstić information content (AvgIpc) is 3.21. The minimum Gasteiger partial charge on any atom is -0.299 e. The maximum absolute atomic E-state index is 12.8. The third kappa shape index (κ3) is 3.07. The third-order valence-electron chi connectivity index (χ3n) is 4.15. The Morgan fingerprint density at radius 1 is 1.20 bits per heavy atom. The van der Waals surface area contributed by atoms with Gasteiger partial charge >= 0.3 is 0 Å². The number of rotatable bonds is 4. The number of anilines is 1. The molecule has 0 saturated heterocycles. The molecule has 0 fully saturated rings. The normalized spacial score (nSPS) is 13.8. The molecule has 10 heteroatoms. The van der Waals surface area contributed by atoms with Crippen LogP contribution < -0.4 is 10.9 Å². The van der Waals surface area contributed by atoms with Crippen molar-refractivity contribution < 1.29 is 4.79 Å². The molecular formula is C15H16N6O2S2. The minimum absolute atomic E-state index is 0.187. The van der Waals surface area contributed by atoms with Crippen LogP contribution in [-0.2, 0) is 30.6 Å². The molecule has 8 nitrogen and oxygen atoms in total. The van der Waals surface area contributed by atoms with Gasteiger partial charge in [-0.25, -0.2) is 4.68 Å². The van der Waals surface area contributed by atoms with Gasteiger partial charge in [0.05, 0.1) is 5.39 Å². The minimum atomic E-state index is -0.362. The molecule has 1 N–H and O–H groups in total. The van der Waals surface area contributed by atoms with Gasteiger partial charge in [0.15, 0.2) is 4.83 Å². The topological polar surface area (TPSA) is 103 Å². The van der Waals surface area contributed by atoms with E-state index in [-0.39, 0.29) is 18.0 Å². The number of aryl methyl sites for hydroxylation is 3. The molecule has 1 amide bonds. The van der Waals surface area contributed by atoms with Gasteiger partial charge in [-0.2, -0.15) is 0 Å². The van der Waals surface area contributed by atoms with Gasteiger partial charge in [-0.3, -0.25) is 14.9 Å². The standard InChI is InChI=1S/C15H16N6O2S2/c1-2-11-17-19-15(25-11)16-10(22)7-21-14(23)12-8-5-3-4-6-9(8)24-13(12)18-20-21/h2-7H2,1H3,(H,16,19,22). The number of nitrogens with zero attached hydrogens (tertiary/aromatic N) is 5. The van der Waals surface area contributed by atoms with E-state index in [2.05, 4.69) is 25.8 Å². The summed E-state index contributed by atoms with van der Waals surface area (Å²) in [5.74, 6) is -0.362.